The zero-order chi connectivity index (χ0) is 15.4. The maximum Gasteiger partial charge on any atom is 0.337 e. The van der Waals surface area contributed by atoms with Gasteiger partial charge in [-0.2, -0.15) is 0 Å². The Morgan fingerprint density at radius 3 is 2.67 bits per heavy atom. The van der Waals surface area contributed by atoms with E-state index < -0.39 is 5.97 Å². The van der Waals surface area contributed by atoms with Gasteiger partial charge in [-0.15, -0.1) is 0 Å². The van der Waals surface area contributed by atoms with Crippen LogP contribution in [0.4, 0.5) is 0 Å². The Morgan fingerprint density at radius 1 is 1.29 bits per heavy atom. The van der Waals surface area contributed by atoms with Gasteiger partial charge in [-0.1, -0.05) is 13.3 Å². The number of carboxylic acids is 1. The van der Waals surface area contributed by atoms with Gasteiger partial charge in [0.05, 0.1) is 11.1 Å². The Hall–Kier alpha value is -1.81. The molecule has 114 valence electrons. The highest BCUT2D eigenvalue weighted by molar-refractivity contribution is 6.03. The second kappa shape index (κ2) is 6.76. The summed E-state index contributed by atoms with van der Waals surface area (Å²) < 4.78 is 1.99. The van der Waals surface area contributed by atoms with Gasteiger partial charge in [0.2, 0.25) is 0 Å². The van der Waals surface area contributed by atoms with E-state index in [-0.39, 0.29) is 6.61 Å². The van der Waals surface area contributed by atoms with Gasteiger partial charge in [0, 0.05) is 24.7 Å². The van der Waals surface area contributed by atoms with Crippen molar-refractivity contribution < 1.29 is 15.0 Å². The van der Waals surface area contributed by atoms with E-state index in [4.69, 9.17) is 5.11 Å². The van der Waals surface area contributed by atoms with Crippen molar-refractivity contribution in [3.63, 3.8) is 0 Å². The first-order valence-corrected chi connectivity index (χ1v) is 7.55. The molecule has 2 N–H and O–H groups in total. The number of aryl methyl sites for hydroxylation is 3. The summed E-state index contributed by atoms with van der Waals surface area (Å²) in [6, 6.07) is 3.80. The molecule has 0 aliphatic rings. The third kappa shape index (κ3) is 3.27. The number of rotatable bonds is 7. The highest BCUT2D eigenvalue weighted by Crippen LogP contribution is 2.28. The van der Waals surface area contributed by atoms with Crippen molar-refractivity contribution in [3.05, 3.63) is 35.0 Å². The monoisotopic (exact) mass is 289 g/mol. The molecule has 4 heteroatoms. The molecule has 0 atom stereocenters. The average Bonchev–Trinajstić information content (AvgIpc) is 2.79. The van der Waals surface area contributed by atoms with Crippen LogP contribution in [0, 0.1) is 6.92 Å². The van der Waals surface area contributed by atoms with Gasteiger partial charge in [0.15, 0.2) is 0 Å². The maximum absolute atomic E-state index is 11.6. The summed E-state index contributed by atoms with van der Waals surface area (Å²) in [5.41, 5.74) is 3.31. The molecule has 1 aromatic heterocycles. The number of benzene rings is 1. The quantitative estimate of drug-likeness (QED) is 0.821. The second-order valence-electron chi connectivity index (χ2n) is 5.54. The normalized spacial score (nSPS) is 11.2. The third-order valence-corrected chi connectivity index (χ3v) is 3.79. The summed E-state index contributed by atoms with van der Waals surface area (Å²) in [5.74, 6) is -0.894. The molecule has 0 aliphatic heterocycles. The van der Waals surface area contributed by atoms with Crippen LogP contribution in [0.1, 0.15) is 47.7 Å². The zero-order valence-corrected chi connectivity index (χ0v) is 12.7. The fourth-order valence-corrected chi connectivity index (χ4v) is 2.80. The molecule has 0 fully saturated rings. The number of hydrogen-bond acceptors (Lipinski definition) is 2. The van der Waals surface area contributed by atoms with Gasteiger partial charge in [-0.3, -0.25) is 0 Å². The fraction of sp³-hybridized carbons (Fsp3) is 0.471. The SMILES string of the molecule is CCCCc1cn(CCCO)c2c(C(=O)O)cc(C)cc12. The molecule has 0 aliphatic carbocycles. The molecule has 0 amide bonds. The van der Waals surface area contributed by atoms with E-state index in [9.17, 15) is 9.90 Å². The highest BCUT2D eigenvalue weighted by atomic mass is 16.4. The number of carboxylic acid groups (broad SMARTS) is 1. The van der Waals surface area contributed by atoms with Gasteiger partial charge >= 0.3 is 5.97 Å². The van der Waals surface area contributed by atoms with E-state index in [0.717, 1.165) is 35.7 Å². The van der Waals surface area contributed by atoms with Crippen LogP contribution in [0.15, 0.2) is 18.3 Å². The molecular weight excluding hydrogens is 266 g/mol. The molecule has 0 unspecified atom stereocenters. The summed E-state index contributed by atoms with van der Waals surface area (Å²) in [7, 11) is 0. The lowest BCUT2D eigenvalue weighted by Gasteiger charge is -2.07. The Bertz CT molecular complexity index is 643. The first-order valence-electron chi connectivity index (χ1n) is 7.55. The minimum Gasteiger partial charge on any atom is -0.478 e. The number of carbonyl (C=O) groups is 1. The molecule has 0 radical (unpaired) electrons. The van der Waals surface area contributed by atoms with Gasteiger partial charge in [0.25, 0.3) is 0 Å². The van der Waals surface area contributed by atoms with Crippen LogP contribution in [-0.2, 0) is 13.0 Å². The predicted octanol–water partition coefficient (Wildman–Crippen LogP) is 3.37. The van der Waals surface area contributed by atoms with E-state index in [1.165, 1.54) is 5.56 Å². The fourth-order valence-electron chi connectivity index (χ4n) is 2.80. The van der Waals surface area contributed by atoms with Gasteiger partial charge in [0.1, 0.15) is 0 Å². The lowest BCUT2D eigenvalue weighted by atomic mass is 10.0. The van der Waals surface area contributed by atoms with Crippen molar-refractivity contribution in [2.24, 2.45) is 0 Å². The van der Waals surface area contributed by atoms with Crippen molar-refractivity contribution in [1.82, 2.24) is 4.57 Å². The molecule has 1 aromatic carbocycles. The third-order valence-electron chi connectivity index (χ3n) is 3.79. The smallest absolute Gasteiger partial charge is 0.337 e. The topological polar surface area (TPSA) is 62.5 Å². The molecular formula is C17H23NO3. The number of fused-ring (bicyclic) bond motifs is 1. The maximum atomic E-state index is 11.6. The standard InChI is InChI=1S/C17H23NO3/c1-3-4-6-13-11-18(7-5-8-19)16-14(13)9-12(2)10-15(16)17(20)21/h9-11,19H,3-8H2,1-2H3,(H,20,21). The number of nitrogens with zero attached hydrogens (tertiary/aromatic N) is 1. The highest BCUT2D eigenvalue weighted by Gasteiger charge is 2.16. The van der Waals surface area contributed by atoms with Crippen LogP contribution < -0.4 is 0 Å². The van der Waals surface area contributed by atoms with Crippen molar-refractivity contribution in [2.45, 2.75) is 46.1 Å². The van der Waals surface area contributed by atoms with Gasteiger partial charge < -0.3 is 14.8 Å². The predicted molar refractivity (Wildman–Crippen MR) is 83.9 cm³/mol. The Balaban J connectivity index is 2.62. The average molecular weight is 289 g/mol. The summed E-state index contributed by atoms with van der Waals surface area (Å²) in [6.45, 7) is 4.83. The van der Waals surface area contributed by atoms with Crippen molar-refractivity contribution in [3.8, 4) is 0 Å². The lowest BCUT2D eigenvalue weighted by Crippen LogP contribution is -2.04. The largest absolute Gasteiger partial charge is 0.478 e. The van der Waals surface area contributed by atoms with Crippen molar-refractivity contribution in [2.75, 3.05) is 6.61 Å². The number of aliphatic hydroxyl groups excluding tert-OH is 1. The van der Waals surface area contributed by atoms with Gasteiger partial charge in [-0.25, -0.2) is 4.79 Å². The van der Waals surface area contributed by atoms with Crippen LogP contribution in [0.2, 0.25) is 0 Å². The molecule has 2 aromatic rings. The van der Waals surface area contributed by atoms with Crippen LogP contribution in [0.25, 0.3) is 10.9 Å². The summed E-state index contributed by atoms with van der Waals surface area (Å²) in [4.78, 5) is 11.6. The molecule has 0 bridgehead atoms. The Kier molecular flexibility index (Phi) is 5.02. The number of aromatic carboxylic acids is 1. The molecule has 4 nitrogen and oxygen atoms in total. The summed E-state index contributed by atoms with van der Waals surface area (Å²) in [6.07, 6.45) is 5.85. The number of hydrogen-bond donors (Lipinski definition) is 2. The number of aromatic nitrogens is 1. The van der Waals surface area contributed by atoms with Gasteiger partial charge in [-0.05, 0) is 49.4 Å². The van der Waals surface area contributed by atoms with Crippen LogP contribution in [0.5, 0.6) is 0 Å². The summed E-state index contributed by atoms with van der Waals surface area (Å²) >= 11 is 0. The lowest BCUT2D eigenvalue weighted by molar-refractivity contribution is 0.0698. The van der Waals surface area contributed by atoms with E-state index >= 15 is 0 Å². The second-order valence-corrected chi connectivity index (χ2v) is 5.54. The zero-order valence-electron chi connectivity index (χ0n) is 12.7. The number of aliphatic hydroxyl groups is 1. The first-order chi connectivity index (χ1) is 10.1. The first kappa shape index (κ1) is 15.6. The van der Waals surface area contributed by atoms with Crippen LogP contribution in [0.3, 0.4) is 0 Å². The van der Waals surface area contributed by atoms with E-state index in [1.807, 2.05) is 11.5 Å². The molecule has 0 saturated carbocycles. The molecule has 2 rings (SSSR count). The molecule has 21 heavy (non-hydrogen) atoms. The Labute approximate surface area is 125 Å². The number of unbranched alkanes of at least 4 members (excludes halogenated alkanes) is 1. The minimum absolute atomic E-state index is 0.109. The van der Waals surface area contributed by atoms with Crippen molar-refractivity contribution in [1.29, 1.82) is 0 Å². The van der Waals surface area contributed by atoms with E-state index in [2.05, 4.69) is 19.2 Å². The molecule has 0 saturated heterocycles. The van der Waals surface area contributed by atoms with E-state index in [1.54, 1.807) is 6.07 Å². The Morgan fingerprint density at radius 2 is 2.05 bits per heavy atom. The molecule has 1 heterocycles. The van der Waals surface area contributed by atoms with E-state index in [0.29, 0.717) is 18.5 Å². The summed E-state index contributed by atoms with van der Waals surface area (Å²) in [5, 5.41) is 19.6. The van der Waals surface area contributed by atoms with Crippen LogP contribution in [-0.4, -0.2) is 27.4 Å². The van der Waals surface area contributed by atoms with Crippen molar-refractivity contribution >= 4 is 16.9 Å². The molecule has 0 spiro atoms. The van der Waals surface area contributed by atoms with Crippen LogP contribution >= 0.6 is 0 Å². The minimum atomic E-state index is -0.894.